The Labute approximate surface area is 146 Å². The number of urea groups is 1. The lowest BCUT2D eigenvalue weighted by molar-refractivity contribution is 0.186. The predicted octanol–water partition coefficient (Wildman–Crippen LogP) is 1.61. The van der Waals surface area contributed by atoms with Gasteiger partial charge in [-0.25, -0.2) is 4.79 Å². The molecule has 25 heavy (non-hydrogen) atoms. The minimum absolute atomic E-state index is 0.189. The number of methoxy groups -OCH3 is 1. The van der Waals surface area contributed by atoms with E-state index in [9.17, 15) is 4.79 Å². The van der Waals surface area contributed by atoms with E-state index in [2.05, 4.69) is 20.8 Å². The Balaban J connectivity index is 1.46. The van der Waals surface area contributed by atoms with Crippen molar-refractivity contribution in [2.45, 2.75) is 32.4 Å². The van der Waals surface area contributed by atoms with E-state index in [1.807, 2.05) is 29.7 Å². The molecule has 0 aliphatic carbocycles. The summed E-state index contributed by atoms with van der Waals surface area (Å²) in [6.45, 7) is 3.80. The molecule has 0 saturated heterocycles. The number of amides is 2. The fourth-order valence-corrected chi connectivity index (χ4v) is 2.81. The number of benzene rings is 1. The molecule has 1 aromatic carbocycles. The van der Waals surface area contributed by atoms with Gasteiger partial charge in [-0.15, -0.1) is 10.2 Å². The van der Waals surface area contributed by atoms with Gasteiger partial charge in [-0.3, -0.25) is 0 Å². The molecule has 1 aliphatic rings. The second-order valence-electron chi connectivity index (χ2n) is 6.02. The van der Waals surface area contributed by atoms with Crippen molar-refractivity contribution in [2.75, 3.05) is 25.6 Å². The quantitative estimate of drug-likeness (QED) is 0.796. The van der Waals surface area contributed by atoms with Crippen molar-refractivity contribution in [1.82, 2.24) is 20.1 Å². The molecule has 0 spiro atoms. The highest BCUT2D eigenvalue weighted by molar-refractivity contribution is 5.89. The molecule has 2 aromatic rings. The molecule has 134 valence electrons. The zero-order valence-corrected chi connectivity index (χ0v) is 14.5. The summed E-state index contributed by atoms with van der Waals surface area (Å²) in [6, 6.07) is 5.46. The van der Waals surface area contributed by atoms with Gasteiger partial charge < -0.3 is 24.7 Å². The number of ether oxygens (including phenoxy) is 2. The zero-order chi connectivity index (χ0) is 17.6. The van der Waals surface area contributed by atoms with Crippen LogP contribution < -0.4 is 15.4 Å². The topological polar surface area (TPSA) is 90.3 Å². The lowest BCUT2D eigenvalue weighted by Crippen LogP contribution is -2.31. The Kier molecular flexibility index (Phi) is 5.49. The molecule has 8 nitrogen and oxygen atoms in total. The van der Waals surface area contributed by atoms with E-state index in [4.69, 9.17) is 9.47 Å². The Morgan fingerprint density at radius 3 is 3.20 bits per heavy atom. The summed E-state index contributed by atoms with van der Waals surface area (Å²) in [6.07, 6.45) is 3.33. The van der Waals surface area contributed by atoms with Gasteiger partial charge in [-0.05, 0) is 30.7 Å². The first-order valence-electron chi connectivity index (χ1n) is 8.36. The molecule has 2 N–H and O–H groups in total. The maximum absolute atomic E-state index is 12.0. The number of fused-ring (bicyclic) bond motifs is 1. The minimum Gasteiger partial charge on any atom is -0.490 e. The Morgan fingerprint density at radius 2 is 2.36 bits per heavy atom. The average molecular weight is 345 g/mol. The molecule has 1 aliphatic heterocycles. The largest absolute Gasteiger partial charge is 0.490 e. The van der Waals surface area contributed by atoms with Crippen LogP contribution >= 0.6 is 0 Å². The zero-order valence-electron chi connectivity index (χ0n) is 14.5. The first kappa shape index (κ1) is 17.2. The lowest BCUT2D eigenvalue weighted by Gasteiger charge is -2.09. The third kappa shape index (κ3) is 4.48. The number of aromatic nitrogens is 3. The van der Waals surface area contributed by atoms with Crippen LogP contribution in [0, 0.1) is 0 Å². The van der Waals surface area contributed by atoms with Gasteiger partial charge in [0.05, 0.1) is 6.61 Å². The third-order valence-electron chi connectivity index (χ3n) is 4.02. The highest BCUT2D eigenvalue weighted by atomic mass is 16.5. The molecule has 1 atom stereocenters. The summed E-state index contributed by atoms with van der Waals surface area (Å²) < 4.78 is 12.6. The van der Waals surface area contributed by atoms with Gasteiger partial charge in [0.2, 0.25) is 0 Å². The SMILES string of the molecule is COCCn1cnnc1CCNC(=O)Nc1ccc2c(c1)C[C@@H](C)O2. The van der Waals surface area contributed by atoms with Crippen molar-refractivity contribution in [1.29, 1.82) is 0 Å². The summed E-state index contributed by atoms with van der Waals surface area (Å²) in [7, 11) is 1.65. The number of carbonyl (C=O) groups excluding carboxylic acids is 1. The fraction of sp³-hybridized carbons (Fsp3) is 0.471. The van der Waals surface area contributed by atoms with Crippen LogP contribution in [0.3, 0.4) is 0 Å². The van der Waals surface area contributed by atoms with Crippen molar-refractivity contribution in [3.05, 3.63) is 35.9 Å². The first-order valence-corrected chi connectivity index (χ1v) is 8.36. The van der Waals surface area contributed by atoms with E-state index in [1.165, 1.54) is 0 Å². The molecule has 0 saturated carbocycles. The number of rotatable bonds is 7. The molecule has 0 unspecified atom stereocenters. The molecule has 0 fully saturated rings. The molecule has 8 heteroatoms. The van der Waals surface area contributed by atoms with Crippen LogP contribution in [0.1, 0.15) is 18.3 Å². The van der Waals surface area contributed by atoms with E-state index in [1.54, 1.807) is 13.4 Å². The van der Waals surface area contributed by atoms with Crippen molar-refractivity contribution >= 4 is 11.7 Å². The molecule has 2 heterocycles. The van der Waals surface area contributed by atoms with Crippen LogP contribution in [-0.2, 0) is 24.1 Å². The maximum Gasteiger partial charge on any atom is 0.319 e. The van der Waals surface area contributed by atoms with E-state index >= 15 is 0 Å². The van der Waals surface area contributed by atoms with Crippen LogP contribution in [0.4, 0.5) is 10.5 Å². The Morgan fingerprint density at radius 1 is 1.48 bits per heavy atom. The average Bonchev–Trinajstić information content (AvgIpc) is 3.17. The van der Waals surface area contributed by atoms with E-state index in [0.29, 0.717) is 26.1 Å². The van der Waals surface area contributed by atoms with Gasteiger partial charge in [-0.2, -0.15) is 0 Å². The van der Waals surface area contributed by atoms with Gasteiger partial charge in [0, 0.05) is 38.7 Å². The second-order valence-corrected chi connectivity index (χ2v) is 6.02. The summed E-state index contributed by atoms with van der Waals surface area (Å²) >= 11 is 0. The molecule has 0 radical (unpaired) electrons. The molecule has 2 amide bonds. The van der Waals surface area contributed by atoms with E-state index in [0.717, 1.165) is 29.2 Å². The van der Waals surface area contributed by atoms with Gasteiger partial charge >= 0.3 is 6.03 Å². The van der Waals surface area contributed by atoms with E-state index in [-0.39, 0.29) is 12.1 Å². The van der Waals surface area contributed by atoms with Crippen molar-refractivity contribution in [2.24, 2.45) is 0 Å². The van der Waals surface area contributed by atoms with Crippen molar-refractivity contribution in [3.63, 3.8) is 0 Å². The molecule has 1 aromatic heterocycles. The summed E-state index contributed by atoms with van der Waals surface area (Å²) in [4.78, 5) is 12.0. The number of carbonyl (C=O) groups is 1. The monoisotopic (exact) mass is 345 g/mol. The number of hydrogen-bond acceptors (Lipinski definition) is 5. The smallest absolute Gasteiger partial charge is 0.319 e. The fourth-order valence-electron chi connectivity index (χ4n) is 2.81. The van der Waals surface area contributed by atoms with Crippen molar-refractivity contribution in [3.8, 4) is 5.75 Å². The van der Waals surface area contributed by atoms with Gasteiger partial charge in [-0.1, -0.05) is 0 Å². The van der Waals surface area contributed by atoms with Crippen LogP contribution in [0.25, 0.3) is 0 Å². The van der Waals surface area contributed by atoms with Crippen LogP contribution in [0.5, 0.6) is 5.75 Å². The van der Waals surface area contributed by atoms with Gasteiger partial charge in [0.1, 0.15) is 24.0 Å². The van der Waals surface area contributed by atoms with Crippen LogP contribution in [0.15, 0.2) is 24.5 Å². The second kappa shape index (κ2) is 7.98. The summed E-state index contributed by atoms with van der Waals surface area (Å²) in [5.41, 5.74) is 1.88. The van der Waals surface area contributed by atoms with Gasteiger partial charge in [0.15, 0.2) is 0 Å². The molecular weight excluding hydrogens is 322 g/mol. The molecule has 0 bridgehead atoms. The Hall–Kier alpha value is -2.61. The minimum atomic E-state index is -0.241. The third-order valence-corrected chi connectivity index (χ3v) is 4.02. The normalized spacial score (nSPS) is 15.5. The number of nitrogens with one attached hydrogen (secondary N) is 2. The number of anilines is 1. The highest BCUT2D eigenvalue weighted by Gasteiger charge is 2.19. The van der Waals surface area contributed by atoms with E-state index < -0.39 is 0 Å². The van der Waals surface area contributed by atoms with Crippen LogP contribution in [-0.4, -0.2) is 47.2 Å². The highest BCUT2D eigenvalue weighted by Crippen LogP contribution is 2.30. The predicted molar refractivity (Wildman–Crippen MR) is 92.9 cm³/mol. The molecule has 3 rings (SSSR count). The Bertz CT molecular complexity index is 731. The molecular formula is C17H23N5O3. The van der Waals surface area contributed by atoms with Gasteiger partial charge in [0.25, 0.3) is 0 Å². The number of nitrogens with zero attached hydrogens (tertiary/aromatic N) is 3. The first-order chi connectivity index (χ1) is 12.2. The maximum atomic E-state index is 12.0. The van der Waals surface area contributed by atoms with Crippen molar-refractivity contribution < 1.29 is 14.3 Å². The summed E-state index contributed by atoms with van der Waals surface area (Å²) in [5.74, 6) is 1.72. The standard InChI is InChI=1S/C17H23N5O3/c1-12-9-13-10-14(3-4-15(13)25-12)20-17(23)18-6-5-16-21-19-11-22(16)7-8-24-2/h3-4,10-12H,5-9H2,1-2H3,(H2,18,20,23)/t12-/m1/s1. The van der Waals surface area contributed by atoms with Crippen LogP contribution in [0.2, 0.25) is 0 Å². The lowest BCUT2D eigenvalue weighted by atomic mass is 10.1. The number of hydrogen-bond donors (Lipinski definition) is 2. The summed E-state index contributed by atoms with van der Waals surface area (Å²) in [5, 5.41) is 13.6.